The van der Waals surface area contributed by atoms with Crippen molar-refractivity contribution in [2.24, 2.45) is 0 Å². The minimum Gasteiger partial charge on any atom is -0.478 e. The first-order chi connectivity index (χ1) is 17.5. The second-order valence-corrected chi connectivity index (χ2v) is 7.68. The summed E-state index contributed by atoms with van der Waals surface area (Å²) in [7, 11) is 0. The average molecular weight is 502 g/mol. The Kier molecular flexibility index (Phi) is 6.12. The van der Waals surface area contributed by atoms with Crippen molar-refractivity contribution in [1.82, 2.24) is 0 Å². The molecule has 0 aliphatic heterocycles. The van der Waals surface area contributed by atoms with Crippen LogP contribution < -0.4 is 0 Å². The van der Waals surface area contributed by atoms with Crippen molar-refractivity contribution in [3.8, 4) is 0 Å². The number of rotatable bonds is 6. The van der Waals surface area contributed by atoms with Crippen molar-refractivity contribution in [2.75, 3.05) is 0 Å². The largest absolute Gasteiger partial charge is 0.478 e. The number of carboxylic acid groups (broad SMARTS) is 4. The number of carbonyl (C=O) groups is 6. The second kappa shape index (κ2) is 9.23. The van der Waals surface area contributed by atoms with Gasteiger partial charge in [-0.1, -0.05) is 24.3 Å². The van der Waals surface area contributed by atoms with Crippen molar-refractivity contribution in [3.05, 3.63) is 94.0 Å². The Morgan fingerprint density at radius 1 is 0.432 bits per heavy atom. The molecule has 0 fully saturated rings. The van der Waals surface area contributed by atoms with Crippen LogP contribution in [0.1, 0.15) is 62.1 Å². The second-order valence-electron chi connectivity index (χ2n) is 7.68. The summed E-state index contributed by atoms with van der Waals surface area (Å²) < 4.78 is 4.95. The zero-order valence-corrected chi connectivity index (χ0v) is 18.4. The lowest BCUT2D eigenvalue weighted by atomic mass is 9.94. The van der Waals surface area contributed by atoms with Gasteiger partial charge in [-0.25, -0.2) is 28.8 Å². The topological polar surface area (TPSA) is 193 Å². The maximum Gasteiger partial charge on any atom is 0.346 e. The molecule has 0 amide bonds. The van der Waals surface area contributed by atoms with E-state index < -0.39 is 58.1 Å². The van der Waals surface area contributed by atoms with Gasteiger partial charge in [0.2, 0.25) is 0 Å². The van der Waals surface area contributed by atoms with Crippen molar-refractivity contribution in [2.45, 2.75) is 0 Å². The summed E-state index contributed by atoms with van der Waals surface area (Å²) >= 11 is 0. The molecule has 11 heteroatoms. The fourth-order valence-electron chi connectivity index (χ4n) is 4.08. The third-order valence-electron chi connectivity index (χ3n) is 5.63. The summed E-state index contributed by atoms with van der Waals surface area (Å²) in [6, 6.07) is 11.6. The number of fused-ring (bicyclic) bond motifs is 2. The van der Waals surface area contributed by atoms with E-state index >= 15 is 0 Å². The molecule has 0 radical (unpaired) electrons. The lowest BCUT2D eigenvalue weighted by molar-refractivity contribution is 0.0398. The summed E-state index contributed by atoms with van der Waals surface area (Å²) in [4.78, 5) is 72.9. The zero-order valence-electron chi connectivity index (χ0n) is 18.4. The van der Waals surface area contributed by atoms with Crippen molar-refractivity contribution < 1.29 is 53.9 Å². The first-order valence-corrected chi connectivity index (χ1v) is 10.3. The Morgan fingerprint density at radius 2 is 0.757 bits per heavy atom. The molecule has 0 aliphatic rings. The molecule has 11 nitrogen and oxygen atoms in total. The van der Waals surface area contributed by atoms with E-state index in [4.69, 9.17) is 4.74 Å². The van der Waals surface area contributed by atoms with Crippen LogP contribution in [0.15, 0.2) is 60.7 Å². The number of carboxylic acids is 4. The third-order valence-corrected chi connectivity index (χ3v) is 5.63. The van der Waals surface area contributed by atoms with Gasteiger partial charge in [0.05, 0.1) is 33.4 Å². The molecule has 0 atom stereocenters. The van der Waals surface area contributed by atoms with E-state index in [1.54, 1.807) is 0 Å². The molecule has 0 unspecified atom stereocenters. The van der Waals surface area contributed by atoms with Gasteiger partial charge in [0.1, 0.15) is 0 Å². The third kappa shape index (κ3) is 4.21. The van der Waals surface area contributed by atoms with Crippen molar-refractivity contribution >= 4 is 57.4 Å². The Labute approximate surface area is 205 Å². The van der Waals surface area contributed by atoms with E-state index in [2.05, 4.69) is 0 Å². The molecule has 0 aliphatic carbocycles. The van der Waals surface area contributed by atoms with E-state index in [9.17, 15) is 49.2 Å². The number of carbonyl (C=O) groups excluding carboxylic acids is 2. The van der Waals surface area contributed by atoms with Gasteiger partial charge in [0.15, 0.2) is 0 Å². The summed E-state index contributed by atoms with van der Waals surface area (Å²) in [5.74, 6) is -8.35. The van der Waals surface area contributed by atoms with E-state index in [-0.39, 0.29) is 32.7 Å². The molecule has 4 aromatic rings. The quantitative estimate of drug-likeness (QED) is 0.221. The molecular formula is C26H14O11. The van der Waals surface area contributed by atoms with Gasteiger partial charge in [-0.2, -0.15) is 0 Å². The van der Waals surface area contributed by atoms with Crippen LogP contribution in [-0.2, 0) is 4.74 Å². The van der Waals surface area contributed by atoms with Crippen LogP contribution in [0.4, 0.5) is 0 Å². The fraction of sp³-hybridized carbons (Fsp3) is 0. The summed E-state index contributed by atoms with van der Waals surface area (Å²) in [6.45, 7) is 0. The minimum absolute atomic E-state index is 0.0845. The highest BCUT2D eigenvalue weighted by atomic mass is 16.6. The van der Waals surface area contributed by atoms with Gasteiger partial charge in [-0.3, -0.25) is 0 Å². The molecule has 0 bridgehead atoms. The smallest absolute Gasteiger partial charge is 0.346 e. The van der Waals surface area contributed by atoms with Crippen LogP contribution >= 0.6 is 0 Å². The number of hydrogen-bond acceptors (Lipinski definition) is 7. The van der Waals surface area contributed by atoms with Gasteiger partial charge >= 0.3 is 35.8 Å². The van der Waals surface area contributed by atoms with E-state index in [0.29, 0.717) is 0 Å². The summed E-state index contributed by atoms with van der Waals surface area (Å²) in [6.07, 6.45) is 0. The Hall–Kier alpha value is -5.58. The van der Waals surface area contributed by atoms with Crippen LogP contribution in [0.5, 0.6) is 0 Å². The van der Waals surface area contributed by atoms with Gasteiger partial charge in [0, 0.05) is 10.8 Å². The van der Waals surface area contributed by atoms with E-state index in [0.717, 1.165) is 36.4 Å². The molecule has 4 aromatic carbocycles. The highest BCUT2D eigenvalue weighted by Crippen LogP contribution is 2.30. The van der Waals surface area contributed by atoms with Gasteiger partial charge in [0.25, 0.3) is 0 Å². The molecule has 0 heterocycles. The van der Waals surface area contributed by atoms with Crippen LogP contribution in [0.2, 0.25) is 0 Å². The monoisotopic (exact) mass is 502 g/mol. The molecule has 37 heavy (non-hydrogen) atoms. The Bertz CT molecular complexity index is 1570. The van der Waals surface area contributed by atoms with Crippen LogP contribution in [0.3, 0.4) is 0 Å². The maximum atomic E-state index is 13.0. The van der Waals surface area contributed by atoms with Gasteiger partial charge in [-0.05, 0) is 47.2 Å². The Morgan fingerprint density at radius 3 is 1.08 bits per heavy atom. The molecule has 4 rings (SSSR count). The van der Waals surface area contributed by atoms with E-state index in [1.807, 2.05) is 0 Å². The molecular weight excluding hydrogens is 488 g/mol. The molecule has 0 saturated carbocycles. The van der Waals surface area contributed by atoms with Gasteiger partial charge < -0.3 is 25.2 Å². The van der Waals surface area contributed by atoms with Crippen LogP contribution in [-0.4, -0.2) is 56.2 Å². The molecule has 0 aromatic heterocycles. The maximum absolute atomic E-state index is 13.0. The fourth-order valence-corrected chi connectivity index (χ4v) is 4.08. The predicted molar refractivity (Wildman–Crippen MR) is 125 cm³/mol. The zero-order chi connectivity index (χ0) is 27.0. The SMILES string of the molecule is O=C(O)c1ccc(C(=O)OC(=O)c2ccc(C(=O)O)c3cccc(C(=O)O)c23)c2c(C(=O)O)cccc12. The average Bonchev–Trinajstić information content (AvgIpc) is 2.85. The van der Waals surface area contributed by atoms with Gasteiger partial charge in [-0.15, -0.1) is 0 Å². The molecule has 0 spiro atoms. The van der Waals surface area contributed by atoms with Crippen molar-refractivity contribution in [1.29, 1.82) is 0 Å². The highest BCUT2D eigenvalue weighted by molar-refractivity contribution is 6.21. The summed E-state index contributed by atoms with van der Waals surface area (Å²) in [5, 5.41) is 37.4. The highest BCUT2D eigenvalue weighted by Gasteiger charge is 2.26. The first kappa shape index (κ1) is 24.5. The minimum atomic E-state index is -1.46. The number of esters is 2. The van der Waals surface area contributed by atoms with Crippen LogP contribution in [0, 0.1) is 0 Å². The number of hydrogen-bond donors (Lipinski definition) is 4. The summed E-state index contributed by atoms with van der Waals surface area (Å²) in [5.41, 5.74) is -2.24. The Balaban J connectivity index is 1.87. The van der Waals surface area contributed by atoms with Crippen LogP contribution in [0.25, 0.3) is 21.5 Å². The number of aromatic carboxylic acids is 4. The molecule has 184 valence electrons. The number of ether oxygens (including phenoxy) is 1. The van der Waals surface area contributed by atoms with Crippen molar-refractivity contribution in [3.63, 3.8) is 0 Å². The normalized spacial score (nSPS) is 10.7. The predicted octanol–water partition coefficient (Wildman–Crippen LogP) is 3.78. The lowest BCUT2D eigenvalue weighted by Gasteiger charge is -2.13. The lowest BCUT2D eigenvalue weighted by Crippen LogP contribution is -2.16. The first-order valence-electron chi connectivity index (χ1n) is 10.3. The molecule has 4 N–H and O–H groups in total. The number of benzene rings is 4. The standard InChI is InChI=1S/C26H14O11/c27-21(28)13-7-9-17(19-11(13)3-1-5-15(19)23(31)32)25(35)37-26(36)18-10-8-14(22(29)30)12-4-2-6-16(20(12)18)24(33)34/h1-10H,(H,27,28)(H,29,30)(H,31,32)(H,33,34). The van der Waals surface area contributed by atoms with E-state index in [1.165, 1.54) is 24.3 Å². The molecule has 0 saturated heterocycles.